The smallest absolute Gasteiger partial charge is 0.312 e. The van der Waals surface area contributed by atoms with Gasteiger partial charge in [-0.15, -0.1) is 0 Å². The van der Waals surface area contributed by atoms with E-state index >= 15 is 0 Å². The Morgan fingerprint density at radius 3 is 2.35 bits per heavy atom. The molecule has 2 atom stereocenters. The number of nitrogens with one attached hydrogen (secondary N) is 1. The SMILES string of the molecule is C[C@H](NCC(C#N)C(F)(F)F)C1CCCCC1. The molecule has 0 saturated heterocycles. The van der Waals surface area contributed by atoms with Gasteiger partial charge in [-0.25, -0.2) is 0 Å². The van der Waals surface area contributed by atoms with Gasteiger partial charge >= 0.3 is 6.18 Å². The molecule has 0 heterocycles. The minimum Gasteiger partial charge on any atom is -0.312 e. The van der Waals surface area contributed by atoms with Crippen LogP contribution in [0, 0.1) is 23.2 Å². The first kappa shape index (κ1) is 14.3. The minimum absolute atomic E-state index is 0.0634. The van der Waals surface area contributed by atoms with Crippen molar-refractivity contribution in [2.24, 2.45) is 11.8 Å². The molecule has 1 rings (SSSR count). The lowest BCUT2D eigenvalue weighted by Crippen LogP contribution is -2.40. The number of rotatable bonds is 4. The molecule has 98 valence electrons. The van der Waals surface area contributed by atoms with Gasteiger partial charge in [0.15, 0.2) is 5.92 Å². The van der Waals surface area contributed by atoms with E-state index in [9.17, 15) is 13.2 Å². The zero-order valence-electron chi connectivity index (χ0n) is 10.1. The van der Waals surface area contributed by atoms with Crippen molar-refractivity contribution in [1.29, 1.82) is 5.26 Å². The van der Waals surface area contributed by atoms with Gasteiger partial charge in [-0.05, 0) is 25.7 Å². The van der Waals surface area contributed by atoms with E-state index in [2.05, 4.69) is 5.32 Å². The summed E-state index contributed by atoms with van der Waals surface area (Å²) in [6, 6.07) is 1.38. The van der Waals surface area contributed by atoms with Crippen LogP contribution < -0.4 is 5.32 Å². The molecule has 0 aromatic carbocycles. The predicted molar refractivity (Wildman–Crippen MR) is 59.2 cm³/mol. The Kier molecular flexibility index (Phi) is 5.26. The van der Waals surface area contributed by atoms with Crippen LogP contribution in [-0.2, 0) is 0 Å². The van der Waals surface area contributed by atoms with Crippen molar-refractivity contribution >= 4 is 0 Å². The van der Waals surface area contributed by atoms with Crippen LogP contribution in [0.4, 0.5) is 13.2 Å². The van der Waals surface area contributed by atoms with E-state index in [1.165, 1.54) is 12.5 Å². The molecule has 0 aromatic heterocycles. The first-order valence-electron chi connectivity index (χ1n) is 6.15. The normalized spacial score (nSPS) is 21.8. The van der Waals surface area contributed by atoms with Crippen LogP contribution in [0.2, 0.25) is 0 Å². The second kappa shape index (κ2) is 6.25. The number of nitriles is 1. The Bertz CT molecular complexity index is 264. The van der Waals surface area contributed by atoms with Gasteiger partial charge in [-0.3, -0.25) is 0 Å². The van der Waals surface area contributed by atoms with Crippen LogP contribution in [0.1, 0.15) is 39.0 Å². The van der Waals surface area contributed by atoms with Gasteiger partial charge in [0.2, 0.25) is 0 Å². The molecule has 0 amide bonds. The van der Waals surface area contributed by atoms with Gasteiger partial charge in [0.05, 0.1) is 6.07 Å². The monoisotopic (exact) mass is 248 g/mol. The summed E-state index contributed by atoms with van der Waals surface area (Å²) in [6.45, 7) is 1.62. The summed E-state index contributed by atoms with van der Waals surface area (Å²) < 4.78 is 37.1. The van der Waals surface area contributed by atoms with Crippen LogP contribution in [0.3, 0.4) is 0 Å². The molecule has 1 N–H and O–H groups in total. The van der Waals surface area contributed by atoms with Crippen LogP contribution in [0.25, 0.3) is 0 Å². The molecule has 2 nitrogen and oxygen atoms in total. The third kappa shape index (κ3) is 4.55. The van der Waals surface area contributed by atoms with E-state index in [0.29, 0.717) is 5.92 Å². The highest BCUT2D eigenvalue weighted by atomic mass is 19.4. The van der Waals surface area contributed by atoms with E-state index < -0.39 is 12.1 Å². The first-order chi connectivity index (χ1) is 7.95. The van der Waals surface area contributed by atoms with Crippen molar-refractivity contribution in [2.75, 3.05) is 6.54 Å². The van der Waals surface area contributed by atoms with Crippen LogP contribution in [0.15, 0.2) is 0 Å². The molecular weight excluding hydrogens is 229 g/mol. The Balaban J connectivity index is 2.36. The highest BCUT2D eigenvalue weighted by Gasteiger charge is 2.40. The lowest BCUT2D eigenvalue weighted by atomic mass is 9.84. The Labute approximate surface area is 100 Å². The summed E-state index contributed by atoms with van der Waals surface area (Å²) in [4.78, 5) is 0. The molecule has 1 aliphatic carbocycles. The fraction of sp³-hybridized carbons (Fsp3) is 0.917. The van der Waals surface area contributed by atoms with Crippen molar-refractivity contribution < 1.29 is 13.2 Å². The molecule has 5 heteroatoms. The van der Waals surface area contributed by atoms with Crippen LogP contribution >= 0.6 is 0 Å². The van der Waals surface area contributed by atoms with E-state index in [1.54, 1.807) is 0 Å². The highest BCUT2D eigenvalue weighted by molar-refractivity contribution is 4.91. The van der Waals surface area contributed by atoms with E-state index in [1.807, 2.05) is 6.92 Å². The van der Waals surface area contributed by atoms with Gasteiger partial charge in [-0.2, -0.15) is 18.4 Å². The maximum absolute atomic E-state index is 12.4. The topological polar surface area (TPSA) is 35.8 Å². The number of nitrogens with zero attached hydrogens (tertiary/aromatic N) is 1. The Morgan fingerprint density at radius 1 is 1.29 bits per heavy atom. The predicted octanol–water partition coefficient (Wildman–Crippen LogP) is 3.25. The molecule has 0 radical (unpaired) electrons. The molecule has 0 aromatic rings. The summed E-state index contributed by atoms with van der Waals surface area (Å²) in [6.07, 6.45) is 1.30. The summed E-state index contributed by atoms with van der Waals surface area (Å²) in [7, 11) is 0. The van der Waals surface area contributed by atoms with Crippen molar-refractivity contribution in [1.82, 2.24) is 5.32 Å². The first-order valence-corrected chi connectivity index (χ1v) is 6.15. The standard InChI is InChI=1S/C12H19F3N2/c1-9(10-5-3-2-4-6-10)17-8-11(7-16)12(13,14)15/h9-11,17H,2-6,8H2,1H3/t9-,11?/m0/s1. The van der Waals surface area contributed by atoms with E-state index in [4.69, 9.17) is 5.26 Å². The maximum Gasteiger partial charge on any atom is 0.405 e. The number of hydrogen-bond acceptors (Lipinski definition) is 2. The maximum atomic E-state index is 12.4. The van der Waals surface area contributed by atoms with E-state index in [0.717, 1.165) is 25.7 Å². The second-order valence-corrected chi connectivity index (χ2v) is 4.82. The second-order valence-electron chi connectivity index (χ2n) is 4.82. The minimum atomic E-state index is -4.42. The van der Waals surface area contributed by atoms with Gasteiger partial charge in [0.25, 0.3) is 0 Å². The van der Waals surface area contributed by atoms with Gasteiger partial charge in [0, 0.05) is 12.6 Å². The third-order valence-corrected chi connectivity index (χ3v) is 3.55. The summed E-state index contributed by atoms with van der Waals surface area (Å²) >= 11 is 0. The van der Waals surface area contributed by atoms with E-state index in [-0.39, 0.29) is 12.6 Å². The third-order valence-electron chi connectivity index (χ3n) is 3.55. The number of alkyl halides is 3. The van der Waals surface area contributed by atoms with Gasteiger partial charge < -0.3 is 5.32 Å². The lowest BCUT2D eigenvalue weighted by Gasteiger charge is -2.29. The Morgan fingerprint density at radius 2 is 1.88 bits per heavy atom. The molecule has 1 aliphatic rings. The highest BCUT2D eigenvalue weighted by Crippen LogP contribution is 2.28. The summed E-state index contributed by atoms with van der Waals surface area (Å²) in [5.41, 5.74) is 0. The fourth-order valence-corrected chi connectivity index (χ4v) is 2.34. The quantitative estimate of drug-likeness (QED) is 0.829. The zero-order valence-corrected chi connectivity index (χ0v) is 10.1. The number of hydrogen-bond donors (Lipinski definition) is 1. The van der Waals surface area contributed by atoms with Gasteiger partial charge in [0.1, 0.15) is 0 Å². The fourth-order valence-electron chi connectivity index (χ4n) is 2.34. The summed E-state index contributed by atoms with van der Waals surface area (Å²) in [5, 5.41) is 11.3. The average Bonchev–Trinajstić information content (AvgIpc) is 2.29. The van der Waals surface area contributed by atoms with Crippen LogP contribution in [-0.4, -0.2) is 18.8 Å². The van der Waals surface area contributed by atoms with Crippen molar-refractivity contribution in [2.45, 2.75) is 51.2 Å². The molecule has 17 heavy (non-hydrogen) atoms. The van der Waals surface area contributed by atoms with Crippen molar-refractivity contribution in [3.05, 3.63) is 0 Å². The largest absolute Gasteiger partial charge is 0.405 e. The molecule has 0 spiro atoms. The number of halogens is 3. The molecular formula is C12H19F3N2. The molecule has 0 aliphatic heterocycles. The Hall–Kier alpha value is -0.760. The zero-order chi connectivity index (χ0) is 12.9. The van der Waals surface area contributed by atoms with Gasteiger partial charge in [-0.1, -0.05) is 19.3 Å². The van der Waals surface area contributed by atoms with Crippen molar-refractivity contribution in [3.8, 4) is 6.07 Å². The van der Waals surface area contributed by atoms with Crippen molar-refractivity contribution in [3.63, 3.8) is 0 Å². The summed E-state index contributed by atoms with van der Waals surface area (Å²) in [5.74, 6) is -1.44. The molecule has 0 bridgehead atoms. The lowest BCUT2D eigenvalue weighted by molar-refractivity contribution is -0.158. The molecule has 1 unspecified atom stereocenters. The van der Waals surface area contributed by atoms with Crippen LogP contribution in [0.5, 0.6) is 0 Å². The molecule has 1 saturated carbocycles. The molecule has 1 fully saturated rings. The average molecular weight is 248 g/mol.